The number of hydrogen-bond acceptors (Lipinski definition) is 6. The second-order valence-electron chi connectivity index (χ2n) is 8.26. The Labute approximate surface area is 200 Å². The lowest BCUT2D eigenvalue weighted by Crippen LogP contribution is -2.30. The van der Waals surface area contributed by atoms with Gasteiger partial charge >= 0.3 is 5.97 Å². The van der Waals surface area contributed by atoms with Crippen LogP contribution >= 0.6 is 11.6 Å². The lowest BCUT2D eigenvalue weighted by Gasteiger charge is -2.12. The quantitative estimate of drug-likeness (QED) is 0.387. The molecule has 0 saturated carbocycles. The van der Waals surface area contributed by atoms with Crippen LogP contribution in [0.3, 0.4) is 0 Å². The van der Waals surface area contributed by atoms with E-state index in [9.17, 15) is 14.4 Å². The third-order valence-corrected chi connectivity index (χ3v) is 5.62. The van der Waals surface area contributed by atoms with Crippen LogP contribution < -0.4 is 10.9 Å². The molecule has 9 nitrogen and oxygen atoms in total. The molecule has 1 N–H and O–H groups in total. The van der Waals surface area contributed by atoms with Gasteiger partial charge < -0.3 is 10.1 Å². The lowest BCUT2D eigenvalue weighted by atomic mass is 10.1. The second-order valence-corrected chi connectivity index (χ2v) is 8.69. The Morgan fingerprint density at radius 2 is 1.82 bits per heavy atom. The van der Waals surface area contributed by atoms with Crippen molar-refractivity contribution >= 4 is 40.2 Å². The van der Waals surface area contributed by atoms with Crippen molar-refractivity contribution in [2.45, 2.75) is 33.4 Å². The number of fused-ring (bicyclic) bond motifs is 3. The van der Waals surface area contributed by atoms with Gasteiger partial charge in [0.25, 0.3) is 11.5 Å². The van der Waals surface area contributed by atoms with E-state index in [1.165, 1.54) is 0 Å². The molecule has 0 fully saturated rings. The minimum absolute atomic E-state index is 0.135. The number of esters is 1. The van der Waals surface area contributed by atoms with Gasteiger partial charge in [-0.25, -0.2) is 0 Å². The third-order valence-electron chi connectivity index (χ3n) is 5.37. The molecule has 2 aromatic heterocycles. The summed E-state index contributed by atoms with van der Waals surface area (Å²) in [4.78, 5) is 37.5. The normalized spacial score (nSPS) is 11.3. The van der Waals surface area contributed by atoms with Gasteiger partial charge in [0.1, 0.15) is 6.54 Å². The number of para-hydroxylation sites is 1. The van der Waals surface area contributed by atoms with Gasteiger partial charge in [-0.1, -0.05) is 37.6 Å². The molecule has 0 saturated heterocycles. The third kappa shape index (κ3) is 4.94. The molecule has 34 heavy (non-hydrogen) atoms. The zero-order valence-corrected chi connectivity index (χ0v) is 19.6. The average molecular weight is 482 g/mol. The minimum Gasteiger partial charge on any atom is -0.456 e. The molecule has 0 aliphatic rings. The number of amides is 1. The molecule has 4 rings (SSSR count). The van der Waals surface area contributed by atoms with Gasteiger partial charge in [0, 0.05) is 17.1 Å². The van der Waals surface area contributed by atoms with Crippen LogP contribution in [0.4, 0.5) is 0 Å². The summed E-state index contributed by atoms with van der Waals surface area (Å²) < 4.78 is 8.67. The molecule has 0 spiro atoms. The van der Waals surface area contributed by atoms with Crippen molar-refractivity contribution in [3.8, 4) is 0 Å². The number of nitrogens with one attached hydrogen (secondary N) is 1. The first-order valence-electron chi connectivity index (χ1n) is 10.9. The van der Waals surface area contributed by atoms with Crippen LogP contribution in [0.5, 0.6) is 0 Å². The molecular weight excluding hydrogens is 458 g/mol. The lowest BCUT2D eigenvalue weighted by molar-refractivity contribution is -0.143. The van der Waals surface area contributed by atoms with Crippen molar-refractivity contribution in [3.63, 3.8) is 0 Å². The van der Waals surface area contributed by atoms with Crippen LogP contribution in [0.25, 0.3) is 16.7 Å². The van der Waals surface area contributed by atoms with Crippen molar-refractivity contribution in [2.24, 2.45) is 5.92 Å². The van der Waals surface area contributed by atoms with E-state index in [0.29, 0.717) is 45.6 Å². The summed E-state index contributed by atoms with van der Waals surface area (Å²) in [7, 11) is 0. The summed E-state index contributed by atoms with van der Waals surface area (Å²) in [6.45, 7) is 4.20. The van der Waals surface area contributed by atoms with E-state index >= 15 is 0 Å². The Bertz CT molecular complexity index is 1410. The first kappa shape index (κ1) is 23.4. The molecule has 10 heteroatoms. The molecule has 0 atom stereocenters. The van der Waals surface area contributed by atoms with E-state index in [1.807, 2.05) is 6.07 Å². The smallest absolute Gasteiger partial charge is 0.325 e. The van der Waals surface area contributed by atoms with Crippen LogP contribution in [0.2, 0.25) is 5.02 Å². The van der Waals surface area contributed by atoms with Crippen LogP contribution in [-0.2, 0) is 22.7 Å². The highest BCUT2D eigenvalue weighted by atomic mass is 35.5. The number of carbonyl (C=O) groups is 2. The largest absolute Gasteiger partial charge is 0.456 e. The molecule has 2 heterocycles. The fourth-order valence-corrected chi connectivity index (χ4v) is 3.67. The Hall–Kier alpha value is -3.72. The van der Waals surface area contributed by atoms with E-state index in [4.69, 9.17) is 16.3 Å². The van der Waals surface area contributed by atoms with Gasteiger partial charge in [0.15, 0.2) is 12.4 Å². The van der Waals surface area contributed by atoms with Crippen molar-refractivity contribution in [3.05, 3.63) is 75.3 Å². The maximum absolute atomic E-state index is 13.1. The monoisotopic (exact) mass is 481 g/mol. The number of carbonyl (C=O) groups excluding carboxylic acids is 2. The van der Waals surface area contributed by atoms with E-state index < -0.39 is 11.9 Å². The Morgan fingerprint density at radius 3 is 2.56 bits per heavy atom. The van der Waals surface area contributed by atoms with Crippen LogP contribution in [0.15, 0.2) is 53.3 Å². The number of benzene rings is 2. The first-order valence-corrected chi connectivity index (χ1v) is 11.3. The van der Waals surface area contributed by atoms with Crippen LogP contribution in [-0.4, -0.2) is 37.6 Å². The van der Waals surface area contributed by atoms with Crippen molar-refractivity contribution in [1.82, 2.24) is 24.5 Å². The Morgan fingerprint density at radius 1 is 1.09 bits per heavy atom. The summed E-state index contributed by atoms with van der Waals surface area (Å²) in [5.41, 5.74) is 0.881. The van der Waals surface area contributed by atoms with Gasteiger partial charge in [0.05, 0.1) is 10.9 Å². The molecule has 176 valence electrons. The number of rotatable bonds is 8. The van der Waals surface area contributed by atoms with Crippen molar-refractivity contribution in [2.75, 3.05) is 6.54 Å². The molecule has 0 aliphatic carbocycles. The molecular formula is C24H24ClN5O4. The van der Waals surface area contributed by atoms with E-state index in [-0.39, 0.29) is 18.7 Å². The molecule has 0 radical (unpaired) electrons. The SMILES string of the molecule is CC(C)CCn1c(=O)c2ccccc2n2c(COC(=O)CNC(=O)c3ccc(Cl)cc3)nnc12. The number of aryl methyl sites for hydroxylation is 1. The van der Waals surface area contributed by atoms with Gasteiger partial charge in [-0.15, -0.1) is 10.2 Å². The average Bonchev–Trinajstić information content (AvgIpc) is 3.25. The van der Waals surface area contributed by atoms with Crippen LogP contribution in [0, 0.1) is 5.92 Å². The summed E-state index contributed by atoms with van der Waals surface area (Å²) in [5.74, 6) is 0.136. The minimum atomic E-state index is -0.628. The molecule has 0 aliphatic heterocycles. The van der Waals surface area contributed by atoms with Crippen molar-refractivity contribution in [1.29, 1.82) is 0 Å². The van der Waals surface area contributed by atoms with Gasteiger partial charge in [0.2, 0.25) is 5.78 Å². The van der Waals surface area contributed by atoms with Crippen LogP contribution in [0.1, 0.15) is 36.5 Å². The van der Waals surface area contributed by atoms with Gasteiger partial charge in [-0.3, -0.25) is 23.4 Å². The topological polar surface area (TPSA) is 108 Å². The highest BCUT2D eigenvalue weighted by molar-refractivity contribution is 6.30. The zero-order chi connectivity index (χ0) is 24.2. The maximum atomic E-state index is 13.1. The standard InChI is InChI=1S/C24H24ClN5O4/c1-15(2)11-12-29-23(33)18-5-3-4-6-19(18)30-20(27-28-24(29)30)14-34-21(31)13-26-22(32)16-7-9-17(25)10-8-16/h3-10,15H,11-14H2,1-2H3,(H,26,32). The Kier molecular flexibility index (Phi) is 6.93. The molecule has 1 amide bonds. The molecule has 4 aromatic rings. The molecule has 2 aromatic carbocycles. The number of nitrogens with zero attached hydrogens (tertiary/aromatic N) is 4. The summed E-state index contributed by atoms with van der Waals surface area (Å²) in [6, 6.07) is 13.5. The zero-order valence-electron chi connectivity index (χ0n) is 18.8. The van der Waals surface area contributed by atoms with E-state index in [0.717, 1.165) is 6.42 Å². The predicted molar refractivity (Wildman–Crippen MR) is 128 cm³/mol. The predicted octanol–water partition coefficient (Wildman–Crippen LogP) is 3.22. The fourth-order valence-electron chi connectivity index (χ4n) is 3.55. The number of ether oxygens (including phenoxy) is 1. The molecule has 0 bridgehead atoms. The maximum Gasteiger partial charge on any atom is 0.325 e. The summed E-state index contributed by atoms with van der Waals surface area (Å²) in [6.07, 6.45) is 0.804. The first-order chi connectivity index (χ1) is 16.3. The Balaban J connectivity index is 1.52. The van der Waals surface area contributed by atoms with E-state index in [1.54, 1.807) is 51.4 Å². The number of hydrogen-bond donors (Lipinski definition) is 1. The summed E-state index contributed by atoms with van der Waals surface area (Å²) >= 11 is 5.82. The van der Waals surface area contributed by atoms with E-state index in [2.05, 4.69) is 29.4 Å². The second kappa shape index (κ2) is 10.0. The summed E-state index contributed by atoms with van der Waals surface area (Å²) in [5, 5.41) is 11.9. The highest BCUT2D eigenvalue weighted by Gasteiger charge is 2.18. The fraction of sp³-hybridized carbons (Fsp3) is 0.292. The highest BCUT2D eigenvalue weighted by Crippen LogP contribution is 2.16. The number of halogens is 1. The molecule has 0 unspecified atom stereocenters. The number of aromatic nitrogens is 4. The van der Waals surface area contributed by atoms with Crippen molar-refractivity contribution < 1.29 is 14.3 Å². The van der Waals surface area contributed by atoms with Gasteiger partial charge in [-0.05, 0) is 48.7 Å². The van der Waals surface area contributed by atoms with Gasteiger partial charge in [-0.2, -0.15) is 0 Å².